The van der Waals surface area contributed by atoms with Gasteiger partial charge in [0.05, 0.1) is 18.6 Å². The first kappa shape index (κ1) is 21.2. The summed E-state index contributed by atoms with van der Waals surface area (Å²) in [6.07, 6.45) is 0. The number of amides is 1. The second-order valence-electron chi connectivity index (χ2n) is 7.35. The van der Waals surface area contributed by atoms with Gasteiger partial charge in [-0.25, -0.2) is 0 Å². The molecule has 1 aliphatic heterocycles. The number of rotatable bonds is 7. The van der Waals surface area contributed by atoms with E-state index in [1.807, 2.05) is 59.5 Å². The van der Waals surface area contributed by atoms with E-state index in [1.165, 1.54) is 5.56 Å². The van der Waals surface area contributed by atoms with Crippen molar-refractivity contribution in [3.8, 4) is 17.0 Å². The fraction of sp³-hybridized carbons (Fsp3) is 0.292. The standard InChI is InChI=1S/C24H26N4O2S/c1-30-21-9-5-8-20(16-21)22-10-11-23(26-25-22)27-12-14-28(15-13-27)24(29)18-31-17-19-6-3-2-4-7-19/h2-11,16H,12-15,17-18H2,1H3. The van der Waals surface area contributed by atoms with Crippen LogP contribution in [0.2, 0.25) is 0 Å². The molecule has 0 unspecified atom stereocenters. The number of carbonyl (C=O) groups excluding carboxylic acids is 1. The van der Waals surface area contributed by atoms with Crippen molar-refractivity contribution in [3.63, 3.8) is 0 Å². The molecule has 7 heteroatoms. The Labute approximate surface area is 187 Å². The lowest BCUT2D eigenvalue weighted by Gasteiger charge is -2.35. The molecule has 0 N–H and O–H groups in total. The number of hydrogen-bond donors (Lipinski definition) is 0. The molecule has 3 aromatic rings. The average molecular weight is 435 g/mol. The zero-order valence-corrected chi connectivity index (χ0v) is 18.4. The van der Waals surface area contributed by atoms with Crippen LogP contribution in [-0.2, 0) is 10.5 Å². The summed E-state index contributed by atoms with van der Waals surface area (Å²) in [4.78, 5) is 16.7. The number of nitrogens with zero attached hydrogens (tertiary/aromatic N) is 4. The number of anilines is 1. The van der Waals surface area contributed by atoms with Gasteiger partial charge >= 0.3 is 0 Å². The van der Waals surface area contributed by atoms with E-state index in [1.54, 1.807) is 18.9 Å². The number of piperazine rings is 1. The Morgan fingerprint density at radius 2 is 1.77 bits per heavy atom. The van der Waals surface area contributed by atoms with E-state index in [9.17, 15) is 4.79 Å². The molecule has 1 amide bonds. The highest BCUT2D eigenvalue weighted by molar-refractivity contribution is 7.99. The van der Waals surface area contributed by atoms with Gasteiger partial charge in [-0.3, -0.25) is 4.79 Å². The van der Waals surface area contributed by atoms with Gasteiger partial charge in [0.15, 0.2) is 5.82 Å². The van der Waals surface area contributed by atoms with E-state index in [4.69, 9.17) is 4.74 Å². The molecule has 31 heavy (non-hydrogen) atoms. The number of ether oxygens (including phenoxy) is 1. The molecule has 1 aromatic heterocycles. The molecule has 2 aromatic carbocycles. The van der Waals surface area contributed by atoms with Crippen molar-refractivity contribution in [3.05, 3.63) is 72.3 Å². The summed E-state index contributed by atoms with van der Waals surface area (Å²) in [5, 5.41) is 8.81. The van der Waals surface area contributed by atoms with Crippen LogP contribution in [0.25, 0.3) is 11.3 Å². The van der Waals surface area contributed by atoms with Crippen molar-refractivity contribution in [2.45, 2.75) is 5.75 Å². The van der Waals surface area contributed by atoms with Gasteiger partial charge in [-0.15, -0.1) is 22.0 Å². The predicted molar refractivity (Wildman–Crippen MR) is 125 cm³/mol. The zero-order valence-electron chi connectivity index (χ0n) is 17.6. The third-order valence-corrected chi connectivity index (χ3v) is 6.30. The highest BCUT2D eigenvalue weighted by Gasteiger charge is 2.22. The normalized spacial score (nSPS) is 13.8. The molecular formula is C24H26N4O2S. The fourth-order valence-corrected chi connectivity index (χ4v) is 4.42. The highest BCUT2D eigenvalue weighted by atomic mass is 32.2. The summed E-state index contributed by atoms with van der Waals surface area (Å²) in [7, 11) is 1.65. The SMILES string of the molecule is COc1cccc(-c2ccc(N3CCN(C(=O)CSCc4ccccc4)CC3)nn2)c1. The van der Waals surface area contributed by atoms with E-state index >= 15 is 0 Å². The third-order valence-electron chi connectivity index (χ3n) is 5.31. The molecule has 0 atom stereocenters. The number of benzene rings is 2. The number of thioether (sulfide) groups is 1. The second kappa shape index (κ2) is 10.3. The molecule has 0 spiro atoms. The maximum atomic E-state index is 12.5. The van der Waals surface area contributed by atoms with Crippen molar-refractivity contribution >= 4 is 23.5 Å². The summed E-state index contributed by atoms with van der Waals surface area (Å²) >= 11 is 1.67. The Balaban J connectivity index is 1.26. The van der Waals surface area contributed by atoms with Gasteiger partial charge in [0.2, 0.25) is 5.91 Å². The monoisotopic (exact) mass is 434 g/mol. The van der Waals surface area contributed by atoms with Gasteiger partial charge in [0.1, 0.15) is 5.75 Å². The quantitative estimate of drug-likeness (QED) is 0.565. The third kappa shape index (κ3) is 5.55. The second-order valence-corrected chi connectivity index (χ2v) is 8.34. The van der Waals surface area contributed by atoms with Gasteiger partial charge in [0.25, 0.3) is 0 Å². The predicted octanol–water partition coefficient (Wildman–Crippen LogP) is 3.73. The molecule has 0 bridgehead atoms. The van der Waals surface area contributed by atoms with Gasteiger partial charge in [0, 0.05) is 37.5 Å². The molecular weight excluding hydrogens is 408 g/mol. The van der Waals surface area contributed by atoms with Crippen LogP contribution in [0.5, 0.6) is 5.75 Å². The van der Waals surface area contributed by atoms with Crippen LogP contribution in [0.1, 0.15) is 5.56 Å². The molecule has 0 aliphatic carbocycles. The minimum absolute atomic E-state index is 0.208. The minimum atomic E-state index is 0.208. The van der Waals surface area contributed by atoms with Crippen molar-refractivity contribution in [2.75, 3.05) is 43.9 Å². The van der Waals surface area contributed by atoms with E-state index in [0.717, 1.165) is 41.7 Å². The summed E-state index contributed by atoms with van der Waals surface area (Å²) < 4.78 is 5.28. The van der Waals surface area contributed by atoms with Crippen LogP contribution in [-0.4, -0.2) is 60.0 Å². The molecule has 1 aliphatic rings. The summed E-state index contributed by atoms with van der Waals surface area (Å²) in [6, 6.07) is 22.0. The van der Waals surface area contributed by atoms with Gasteiger partial charge in [-0.05, 0) is 29.8 Å². The van der Waals surface area contributed by atoms with Crippen LogP contribution in [0.4, 0.5) is 5.82 Å². The Kier molecular flexibility index (Phi) is 7.04. The number of aromatic nitrogens is 2. The van der Waals surface area contributed by atoms with Crippen molar-refractivity contribution in [1.29, 1.82) is 0 Å². The van der Waals surface area contributed by atoms with E-state index < -0.39 is 0 Å². The number of carbonyl (C=O) groups is 1. The van der Waals surface area contributed by atoms with Crippen molar-refractivity contribution in [1.82, 2.24) is 15.1 Å². The van der Waals surface area contributed by atoms with E-state index in [-0.39, 0.29) is 5.91 Å². The first-order valence-electron chi connectivity index (χ1n) is 10.4. The van der Waals surface area contributed by atoms with Gasteiger partial charge in [-0.2, -0.15) is 0 Å². The molecule has 2 heterocycles. The highest BCUT2D eigenvalue weighted by Crippen LogP contribution is 2.23. The van der Waals surface area contributed by atoms with Gasteiger partial charge in [-0.1, -0.05) is 42.5 Å². The topological polar surface area (TPSA) is 58.6 Å². The van der Waals surface area contributed by atoms with Gasteiger partial charge < -0.3 is 14.5 Å². The van der Waals surface area contributed by atoms with Crippen LogP contribution >= 0.6 is 11.8 Å². The van der Waals surface area contributed by atoms with Crippen LogP contribution < -0.4 is 9.64 Å². The molecule has 0 saturated carbocycles. The largest absolute Gasteiger partial charge is 0.497 e. The van der Waals surface area contributed by atoms with Crippen LogP contribution in [0, 0.1) is 0 Å². The van der Waals surface area contributed by atoms with Crippen molar-refractivity contribution in [2.24, 2.45) is 0 Å². The molecule has 6 nitrogen and oxygen atoms in total. The first-order chi connectivity index (χ1) is 15.2. The summed E-state index contributed by atoms with van der Waals surface area (Å²) in [5.74, 6) is 3.23. The zero-order chi connectivity index (χ0) is 21.5. The maximum absolute atomic E-state index is 12.5. The number of methoxy groups -OCH3 is 1. The van der Waals surface area contributed by atoms with Crippen LogP contribution in [0.15, 0.2) is 66.7 Å². The Hall–Kier alpha value is -3.06. The summed E-state index contributed by atoms with van der Waals surface area (Å²) in [5.41, 5.74) is 3.04. The smallest absolute Gasteiger partial charge is 0.232 e. The molecule has 160 valence electrons. The van der Waals surface area contributed by atoms with Crippen LogP contribution in [0.3, 0.4) is 0 Å². The maximum Gasteiger partial charge on any atom is 0.232 e. The average Bonchev–Trinajstić information content (AvgIpc) is 2.85. The number of hydrogen-bond acceptors (Lipinski definition) is 6. The van der Waals surface area contributed by atoms with Crippen molar-refractivity contribution < 1.29 is 9.53 Å². The lowest BCUT2D eigenvalue weighted by Crippen LogP contribution is -2.49. The van der Waals surface area contributed by atoms with E-state index in [0.29, 0.717) is 18.8 Å². The molecule has 0 radical (unpaired) electrons. The lowest BCUT2D eigenvalue weighted by atomic mass is 10.1. The lowest BCUT2D eigenvalue weighted by molar-refractivity contribution is -0.128. The molecule has 1 fully saturated rings. The summed E-state index contributed by atoms with van der Waals surface area (Å²) in [6.45, 7) is 2.96. The fourth-order valence-electron chi connectivity index (χ4n) is 3.54. The first-order valence-corrected chi connectivity index (χ1v) is 11.5. The minimum Gasteiger partial charge on any atom is -0.497 e. The Morgan fingerprint density at radius 3 is 2.48 bits per heavy atom. The Morgan fingerprint density at radius 1 is 0.968 bits per heavy atom. The Bertz CT molecular complexity index is 990. The van der Waals surface area contributed by atoms with E-state index in [2.05, 4.69) is 27.2 Å². The molecule has 4 rings (SSSR count). The molecule has 1 saturated heterocycles.